The van der Waals surface area contributed by atoms with Gasteiger partial charge < -0.3 is 20.1 Å². The van der Waals surface area contributed by atoms with Crippen LogP contribution in [0.15, 0.2) is 92.4 Å². The van der Waals surface area contributed by atoms with E-state index in [1.807, 2.05) is 48.5 Å². The highest BCUT2D eigenvalue weighted by molar-refractivity contribution is 8.13. The van der Waals surface area contributed by atoms with Crippen molar-refractivity contribution in [1.82, 2.24) is 10.6 Å². The number of hydrogen-bond acceptors (Lipinski definition) is 9. The summed E-state index contributed by atoms with van der Waals surface area (Å²) in [6.45, 7) is 13.2. The lowest BCUT2D eigenvalue weighted by Gasteiger charge is -2.14. The number of esters is 2. The number of ether oxygens (including phenoxy) is 2. The maximum atomic E-state index is 12.2. The van der Waals surface area contributed by atoms with Crippen molar-refractivity contribution in [3.05, 3.63) is 72.8 Å². The molecule has 0 aliphatic carbocycles. The molecule has 0 saturated carbocycles. The standard InChI is InChI=1S/C26H28N2O6S3/c1-15(2)23(29)33-17(5)27-25(31)36-21-11-7-19(8-12-21)35-20-9-13-22(14-10-20)37-26(32)28-18(6)34-24(30)16(3)4/h7-14,17-18H,1,3H2,2,4-6H3,(H,27,31)(H,28,32). The lowest BCUT2D eigenvalue weighted by atomic mass is 10.4. The molecule has 0 spiro atoms. The van der Waals surface area contributed by atoms with Gasteiger partial charge >= 0.3 is 11.9 Å². The Hall–Kier alpha value is -3.15. The maximum Gasteiger partial charge on any atom is 0.335 e. The smallest absolute Gasteiger partial charge is 0.335 e. The Kier molecular flexibility index (Phi) is 11.8. The van der Waals surface area contributed by atoms with Gasteiger partial charge in [-0.15, -0.1) is 0 Å². The second-order valence-electron chi connectivity index (χ2n) is 7.77. The first kappa shape index (κ1) is 30.1. The van der Waals surface area contributed by atoms with Crippen LogP contribution in [0.5, 0.6) is 0 Å². The SMILES string of the molecule is C=C(C)C(=O)OC(C)NC(=O)Sc1ccc(Sc2ccc(SC(=O)NC(C)OC(=O)C(=C)C)cc2)cc1. The van der Waals surface area contributed by atoms with Crippen molar-refractivity contribution in [3.63, 3.8) is 0 Å². The molecule has 2 amide bonds. The van der Waals surface area contributed by atoms with E-state index in [9.17, 15) is 19.2 Å². The van der Waals surface area contributed by atoms with Crippen molar-refractivity contribution < 1.29 is 28.7 Å². The van der Waals surface area contributed by atoms with E-state index in [1.54, 1.807) is 13.8 Å². The highest BCUT2D eigenvalue weighted by Crippen LogP contribution is 2.31. The fraction of sp³-hybridized carbons (Fsp3) is 0.231. The zero-order valence-corrected chi connectivity index (χ0v) is 23.3. The Labute approximate surface area is 229 Å². The van der Waals surface area contributed by atoms with Gasteiger partial charge in [-0.3, -0.25) is 9.59 Å². The van der Waals surface area contributed by atoms with E-state index >= 15 is 0 Å². The molecule has 2 atom stereocenters. The van der Waals surface area contributed by atoms with Crippen molar-refractivity contribution in [3.8, 4) is 0 Å². The first-order valence-electron chi connectivity index (χ1n) is 11.0. The number of carbonyl (C=O) groups excluding carboxylic acids is 4. The second-order valence-corrected chi connectivity index (χ2v) is 11.0. The average Bonchev–Trinajstić information content (AvgIpc) is 2.81. The van der Waals surface area contributed by atoms with E-state index in [4.69, 9.17) is 9.47 Å². The van der Waals surface area contributed by atoms with E-state index in [2.05, 4.69) is 23.8 Å². The van der Waals surface area contributed by atoms with E-state index in [0.717, 1.165) is 43.1 Å². The maximum absolute atomic E-state index is 12.2. The van der Waals surface area contributed by atoms with Gasteiger partial charge in [0.05, 0.1) is 0 Å². The number of carbonyl (C=O) groups is 4. The highest BCUT2D eigenvalue weighted by Gasteiger charge is 2.15. The van der Waals surface area contributed by atoms with Crippen LogP contribution in [0.4, 0.5) is 9.59 Å². The molecule has 0 fully saturated rings. The molecule has 2 N–H and O–H groups in total. The molecule has 0 bridgehead atoms. The van der Waals surface area contributed by atoms with Crippen molar-refractivity contribution >= 4 is 57.7 Å². The van der Waals surface area contributed by atoms with E-state index in [-0.39, 0.29) is 21.6 Å². The van der Waals surface area contributed by atoms with Crippen LogP contribution in [0.1, 0.15) is 27.7 Å². The van der Waals surface area contributed by atoms with Gasteiger partial charge in [-0.1, -0.05) is 24.9 Å². The molecule has 0 saturated heterocycles. The van der Waals surface area contributed by atoms with E-state index < -0.39 is 24.4 Å². The highest BCUT2D eigenvalue weighted by atomic mass is 32.2. The summed E-state index contributed by atoms with van der Waals surface area (Å²) in [6, 6.07) is 14.9. The molecule has 2 rings (SSSR count). The normalized spacial score (nSPS) is 12.0. The number of amides is 2. The number of hydrogen-bond donors (Lipinski definition) is 2. The van der Waals surface area contributed by atoms with Crippen LogP contribution in [-0.4, -0.2) is 34.9 Å². The van der Waals surface area contributed by atoms with E-state index in [0.29, 0.717) is 0 Å². The summed E-state index contributed by atoms with van der Waals surface area (Å²) in [5.74, 6) is -1.13. The minimum atomic E-state index is -0.770. The second kappa shape index (κ2) is 14.6. The summed E-state index contributed by atoms with van der Waals surface area (Å²) < 4.78 is 10.1. The van der Waals surface area contributed by atoms with Gasteiger partial charge in [0.25, 0.3) is 10.5 Å². The summed E-state index contributed by atoms with van der Waals surface area (Å²) >= 11 is 3.52. The van der Waals surface area contributed by atoms with E-state index in [1.165, 1.54) is 25.6 Å². The molecule has 0 aliphatic rings. The van der Waals surface area contributed by atoms with Crippen LogP contribution in [-0.2, 0) is 19.1 Å². The molecular weight excluding hydrogens is 532 g/mol. The Morgan fingerprint density at radius 2 is 0.946 bits per heavy atom. The fourth-order valence-electron chi connectivity index (χ4n) is 2.47. The Bertz CT molecular complexity index is 1070. The lowest BCUT2D eigenvalue weighted by molar-refractivity contribution is -0.145. The summed E-state index contributed by atoms with van der Waals surface area (Å²) in [4.78, 5) is 50.8. The fourth-order valence-corrected chi connectivity index (χ4v) is 4.71. The van der Waals surface area contributed by atoms with Gasteiger partial charge in [-0.2, -0.15) is 0 Å². The third kappa shape index (κ3) is 11.2. The quantitative estimate of drug-likeness (QED) is 0.148. The van der Waals surface area contributed by atoms with Crippen LogP contribution >= 0.6 is 35.3 Å². The molecule has 8 nitrogen and oxygen atoms in total. The lowest BCUT2D eigenvalue weighted by Crippen LogP contribution is -2.33. The molecule has 37 heavy (non-hydrogen) atoms. The summed E-state index contributed by atoms with van der Waals surface area (Å²) in [5.41, 5.74) is 0.517. The summed E-state index contributed by atoms with van der Waals surface area (Å²) in [7, 11) is 0. The molecular formula is C26H28N2O6S3. The monoisotopic (exact) mass is 560 g/mol. The molecule has 2 unspecified atom stereocenters. The predicted molar refractivity (Wildman–Crippen MR) is 147 cm³/mol. The van der Waals surface area contributed by atoms with Gasteiger partial charge in [-0.25, -0.2) is 9.59 Å². The molecule has 2 aromatic carbocycles. The van der Waals surface area contributed by atoms with Crippen molar-refractivity contribution in [2.45, 2.75) is 59.7 Å². The van der Waals surface area contributed by atoms with Gasteiger partial charge in [0, 0.05) is 30.7 Å². The minimum absolute atomic E-state index is 0.258. The zero-order chi connectivity index (χ0) is 27.5. The molecule has 0 aliphatic heterocycles. The van der Waals surface area contributed by atoms with Crippen LogP contribution in [0, 0.1) is 0 Å². The van der Waals surface area contributed by atoms with Crippen LogP contribution in [0.25, 0.3) is 0 Å². The van der Waals surface area contributed by atoms with Gasteiger partial charge in [0.2, 0.25) is 0 Å². The first-order chi connectivity index (χ1) is 17.4. The van der Waals surface area contributed by atoms with Crippen molar-refractivity contribution in [2.24, 2.45) is 0 Å². The van der Waals surface area contributed by atoms with Crippen molar-refractivity contribution in [1.29, 1.82) is 0 Å². The Morgan fingerprint density at radius 3 is 1.24 bits per heavy atom. The minimum Gasteiger partial charge on any atom is -0.439 e. The third-order valence-corrected chi connectivity index (χ3v) is 6.85. The first-order valence-corrected chi connectivity index (χ1v) is 13.5. The van der Waals surface area contributed by atoms with Crippen molar-refractivity contribution in [2.75, 3.05) is 0 Å². The average molecular weight is 561 g/mol. The molecule has 0 radical (unpaired) electrons. The number of nitrogens with one attached hydrogen (secondary N) is 2. The van der Waals surface area contributed by atoms with Gasteiger partial charge in [0.1, 0.15) is 0 Å². The van der Waals surface area contributed by atoms with Crippen LogP contribution in [0.2, 0.25) is 0 Å². The third-order valence-electron chi connectivity index (χ3n) is 4.21. The molecule has 11 heteroatoms. The Morgan fingerprint density at radius 1 is 0.649 bits per heavy atom. The number of benzene rings is 2. The number of rotatable bonds is 10. The molecule has 0 aromatic heterocycles. The van der Waals surface area contributed by atoms with Crippen LogP contribution in [0.3, 0.4) is 0 Å². The summed E-state index contributed by atoms with van der Waals surface area (Å²) in [6.07, 6.45) is -1.54. The van der Waals surface area contributed by atoms with Gasteiger partial charge in [-0.05, 0) is 99.7 Å². The molecule has 2 aromatic rings. The van der Waals surface area contributed by atoms with Gasteiger partial charge in [0.15, 0.2) is 12.5 Å². The molecule has 196 valence electrons. The summed E-state index contributed by atoms with van der Waals surface area (Å²) in [5, 5.41) is 4.49. The topological polar surface area (TPSA) is 111 Å². The Balaban J connectivity index is 1.82. The van der Waals surface area contributed by atoms with Crippen LogP contribution < -0.4 is 10.6 Å². The molecule has 0 heterocycles. The predicted octanol–water partition coefficient (Wildman–Crippen LogP) is 6.37. The zero-order valence-electron chi connectivity index (χ0n) is 20.9. The largest absolute Gasteiger partial charge is 0.439 e. The number of thioether (sulfide) groups is 2.